The van der Waals surface area contributed by atoms with Gasteiger partial charge in [0.2, 0.25) is 10.0 Å². The molecular weight excluding hydrogens is 348 g/mol. The zero-order valence-electron chi connectivity index (χ0n) is 14.1. The highest BCUT2D eigenvalue weighted by molar-refractivity contribution is 7.89. The summed E-state index contributed by atoms with van der Waals surface area (Å²) in [6.07, 6.45) is -1.06. The van der Waals surface area contributed by atoms with E-state index in [4.69, 9.17) is 0 Å². The number of likely N-dealkylation sites (tertiary alicyclic amines) is 1. The highest BCUT2D eigenvalue weighted by Crippen LogP contribution is 2.23. The fourth-order valence-electron chi connectivity index (χ4n) is 2.93. The summed E-state index contributed by atoms with van der Waals surface area (Å²) in [5.41, 5.74) is 0.0496. The molecule has 25 heavy (non-hydrogen) atoms. The van der Waals surface area contributed by atoms with E-state index in [9.17, 15) is 28.2 Å². The van der Waals surface area contributed by atoms with Crippen LogP contribution in [-0.4, -0.2) is 66.4 Å². The van der Waals surface area contributed by atoms with Crippen molar-refractivity contribution in [2.75, 3.05) is 19.6 Å². The first-order valence-corrected chi connectivity index (χ1v) is 9.46. The maximum absolute atomic E-state index is 12.6. The van der Waals surface area contributed by atoms with Crippen molar-refractivity contribution in [3.63, 3.8) is 0 Å². The van der Waals surface area contributed by atoms with Crippen molar-refractivity contribution in [1.82, 2.24) is 9.21 Å². The van der Waals surface area contributed by atoms with Gasteiger partial charge >= 0.3 is 0 Å². The number of nitrogens with zero attached hydrogens (tertiary/aromatic N) is 2. The summed E-state index contributed by atoms with van der Waals surface area (Å²) in [5.74, 6) is -2.10. The van der Waals surface area contributed by atoms with Gasteiger partial charge in [0.05, 0.1) is 23.0 Å². The normalized spacial score (nSPS) is 20.9. The Morgan fingerprint density at radius 3 is 2.52 bits per heavy atom. The molecule has 1 saturated heterocycles. The highest BCUT2D eigenvalue weighted by atomic mass is 32.2. The molecule has 138 valence electrons. The summed E-state index contributed by atoms with van der Waals surface area (Å²) < 4.78 is 26.4. The Balaban J connectivity index is 2.35. The van der Waals surface area contributed by atoms with E-state index in [-0.39, 0.29) is 23.4 Å². The first kappa shape index (κ1) is 19.4. The van der Waals surface area contributed by atoms with E-state index in [0.29, 0.717) is 13.1 Å². The molecule has 0 radical (unpaired) electrons. The van der Waals surface area contributed by atoms with Gasteiger partial charge in [0.1, 0.15) is 0 Å². The number of sulfonamides is 1. The Hall–Kier alpha value is -1.97. The monoisotopic (exact) mass is 369 g/mol. The molecule has 2 atom stereocenters. The van der Waals surface area contributed by atoms with Crippen LogP contribution in [0.5, 0.6) is 0 Å². The number of carboxylic acid groups (broad SMARTS) is 1. The number of carboxylic acids is 1. The molecule has 0 unspecified atom stereocenters. The molecule has 1 aliphatic rings. The molecule has 1 aromatic carbocycles. The second-order valence-corrected chi connectivity index (χ2v) is 7.74. The topological polar surface area (TPSA) is 118 Å². The number of aliphatic carboxylic acids is 1. The molecule has 1 amide bonds. The first-order valence-electron chi connectivity index (χ1n) is 8.02. The summed E-state index contributed by atoms with van der Waals surface area (Å²) in [4.78, 5) is 24.7. The highest BCUT2D eigenvalue weighted by Gasteiger charge is 2.36. The van der Waals surface area contributed by atoms with Gasteiger partial charge in [-0.2, -0.15) is 4.31 Å². The van der Waals surface area contributed by atoms with E-state index in [0.717, 1.165) is 4.90 Å². The molecule has 0 aliphatic carbocycles. The van der Waals surface area contributed by atoms with Crippen LogP contribution in [0.25, 0.3) is 0 Å². The Morgan fingerprint density at radius 2 is 1.96 bits per heavy atom. The number of amides is 1. The lowest BCUT2D eigenvalue weighted by Gasteiger charge is -2.25. The predicted octanol–water partition coefficient (Wildman–Crippen LogP) is -0.958. The lowest BCUT2D eigenvalue weighted by atomic mass is 10.1. The third-order valence-corrected chi connectivity index (χ3v) is 6.28. The van der Waals surface area contributed by atoms with Gasteiger partial charge in [0.25, 0.3) is 5.91 Å². The number of aliphatic hydroxyl groups excluding tert-OH is 1. The third-order valence-electron chi connectivity index (χ3n) is 4.24. The van der Waals surface area contributed by atoms with Crippen LogP contribution in [0, 0.1) is 0 Å². The molecule has 2 rings (SSSR count). The number of carbonyl (C=O) groups is 2. The molecule has 0 bridgehead atoms. The van der Waals surface area contributed by atoms with Crippen LogP contribution >= 0.6 is 0 Å². The maximum atomic E-state index is 12.6. The maximum Gasteiger partial charge on any atom is 0.254 e. The smallest absolute Gasteiger partial charge is 0.254 e. The van der Waals surface area contributed by atoms with Crippen molar-refractivity contribution in [3.05, 3.63) is 29.8 Å². The van der Waals surface area contributed by atoms with Gasteiger partial charge < -0.3 is 19.9 Å². The molecule has 1 aromatic rings. The SMILES string of the molecule is CCN(CC)S(=O)(=O)c1cccc(C(=O)N2C[C@@H](O)C[C@H]2C(=O)[O-])c1. The molecular formula is C16H21N2O6S-. The van der Waals surface area contributed by atoms with Crippen LogP contribution in [0.3, 0.4) is 0 Å². The van der Waals surface area contributed by atoms with Crippen molar-refractivity contribution < 1.29 is 28.2 Å². The molecule has 0 saturated carbocycles. The van der Waals surface area contributed by atoms with Crippen LogP contribution in [0.4, 0.5) is 0 Å². The van der Waals surface area contributed by atoms with Crippen LogP contribution in [-0.2, 0) is 14.8 Å². The lowest BCUT2D eigenvalue weighted by Crippen LogP contribution is -2.47. The lowest BCUT2D eigenvalue weighted by molar-refractivity contribution is -0.310. The number of rotatable bonds is 6. The molecule has 0 aromatic heterocycles. The van der Waals surface area contributed by atoms with E-state index in [1.54, 1.807) is 13.8 Å². The summed E-state index contributed by atoms with van der Waals surface area (Å²) in [6.45, 7) is 3.88. The number of hydrogen-bond donors (Lipinski definition) is 1. The van der Waals surface area contributed by atoms with Crippen molar-refractivity contribution >= 4 is 21.9 Å². The predicted molar refractivity (Wildman–Crippen MR) is 87.0 cm³/mol. The molecule has 1 fully saturated rings. The van der Waals surface area contributed by atoms with Gasteiger partial charge in [-0.3, -0.25) is 4.79 Å². The Kier molecular flexibility index (Phi) is 5.81. The zero-order chi connectivity index (χ0) is 18.8. The summed E-state index contributed by atoms with van der Waals surface area (Å²) in [6, 6.07) is 4.24. The zero-order valence-corrected chi connectivity index (χ0v) is 14.9. The summed E-state index contributed by atoms with van der Waals surface area (Å²) >= 11 is 0. The molecule has 1 aliphatic heterocycles. The van der Waals surface area contributed by atoms with E-state index in [2.05, 4.69) is 0 Å². The van der Waals surface area contributed by atoms with Crippen LogP contribution in [0.2, 0.25) is 0 Å². The van der Waals surface area contributed by atoms with Gasteiger partial charge in [-0.15, -0.1) is 0 Å². The first-order chi connectivity index (χ1) is 11.7. The number of β-amino-alcohol motifs (C(OH)–C–C–N with tert-alkyl or cyclic N) is 1. The summed E-state index contributed by atoms with van der Waals surface area (Å²) in [7, 11) is -3.74. The average molecular weight is 369 g/mol. The molecule has 8 nitrogen and oxygen atoms in total. The summed E-state index contributed by atoms with van der Waals surface area (Å²) in [5, 5.41) is 20.8. The molecule has 9 heteroatoms. The van der Waals surface area contributed by atoms with E-state index in [1.807, 2.05) is 0 Å². The number of hydrogen-bond acceptors (Lipinski definition) is 6. The van der Waals surface area contributed by atoms with E-state index < -0.39 is 34.0 Å². The van der Waals surface area contributed by atoms with Gasteiger partial charge in [0, 0.05) is 31.6 Å². The number of aliphatic hydroxyl groups is 1. The van der Waals surface area contributed by atoms with Crippen LogP contribution in [0.1, 0.15) is 30.6 Å². The second-order valence-electron chi connectivity index (χ2n) is 5.80. The largest absolute Gasteiger partial charge is 0.548 e. The Morgan fingerprint density at radius 1 is 1.32 bits per heavy atom. The van der Waals surface area contributed by atoms with Crippen LogP contribution < -0.4 is 5.11 Å². The van der Waals surface area contributed by atoms with Crippen molar-refractivity contribution in [2.45, 2.75) is 37.3 Å². The fourth-order valence-corrected chi connectivity index (χ4v) is 4.43. The van der Waals surface area contributed by atoms with Gasteiger partial charge in [-0.05, 0) is 18.2 Å². The minimum atomic E-state index is -3.74. The van der Waals surface area contributed by atoms with Gasteiger partial charge in [0.15, 0.2) is 0 Å². The van der Waals surface area contributed by atoms with E-state index >= 15 is 0 Å². The van der Waals surface area contributed by atoms with Crippen molar-refractivity contribution in [3.8, 4) is 0 Å². The molecule has 0 spiro atoms. The standard InChI is InChI=1S/C16H22N2O6S/c1-3-17(4-2)25(23,24)13-7-5-6-11(8-13)15(20)18-10-12(19)9-14(18)16(21)22/h5-8,12,14,19H,3-4,9-10H2,1-2H3,(H,21,22)/p-1/t12-,14-/m0/s1. The number of benzene rings is 1. The average Bonchev–Trinajstić information content (AvgIpc) is 2.97. The number of carbonyl (C=O) groups excluding carboxylic acids is 2. The second kappa shape index (κ2) is 7.51. The van der Waals surface area contributed by atoms with E-state index in [1.165, 1.54) is 28.6 Å². The molecule has 1 heterocycles. The minimum absolute atomic E-state index is 0.0354. The Bertz CT molecular complexity index is 760. The van der Waals surface area contributed by atoms with Gasteiger partial charge in [-0.25, -0.2) is 8.42 Å². The van der Waals surface area contributed by atoms with Crippen molar-refractivity contribution in [1.29, 1.82) is 0 Å². The van der Waals surface area contributed by atoms with Crippen molar-refractivity contribution in [2.24, 2.45) is 0 Å². The quantitative estimate of drug-likeness (QED) is 0.690. The third kappa shape index (κ3) is 3.83. The molecule has 1 N–H and O–H groups in total. The van der Waals surface area contributed by atoms with Gasteiger partial charge in [-0.1, -0.05) is 19.9 Å². The Labute approximate surface area is 146 Å². The fraction of sp³-hybridized carbons (Fsp3) is 0.500. The minimum Gasteiger partial charge on any atom is -0.548 e. The van der Waals surface area contributed by atoms with Crippen LogP contribution in [0.15, 0.2) is 29.2 Å².